The molecule has 3 heteroatoms. The second kappa shape index (κ2) is 4.74. The van der Waals surface area contributed by atoms with Gasteiger partial charge in [0.15, 0.2) is 0 Å². The van der Waals surface area contributed by atoms with Gasteiger partial charge in [-0.05, 0) is 32.7 Å². The summed E-state index contributed by atoms with van der Waals surface area (Å²) in [6, 6.07) is 0.546. The zero-order valence-corrected chi connectivity index (χ0v) is 10.6. The highest BCUT2D eigenvalue weighted by molar-refractivity contribution is 5.77. The van der Waals surface area contributed by atoms with Crippen molar-refractivity contribution in [3.63, 3.8) is 0 Å². The number of rotatable bonds is 4. The van der Waals surface area contributed by atoms with E-state index < -0.39 is 0 Å². The lowest BCUT2D eigenvalue weighted by molar-refractivity contribution is -0.132. The largest absolute Gasteiger partial charge is 0.343 e. The lowest BCUT2D eigenvalue weighted by Crippen LogP contribution is -2.48. The van der Waals surface area contributed by atoms with Gasteiger partial charge >= 0.3 is 0 Å². The molecule has 0 spiro atoms. The molecule has 0 heterocycles. The third kappa shape index (κ3) is 2.57. The van der Waals surface area contributed by atoms with Crippen molar-refractivity contribution < 1.29 is 4.79 Å². The van der Waals surface area contributed by atoms with Crippen molar-refractivity contribution in [2.45, 2.75) is 62.9 Å². The van der Waals surface area contributed by atoms with Crippen LogP contribution in [0, 0.1) is 0 Å². The first kappa shape index (κ1) is 11.9. The standard InChI is InChI=1S/C13H24N2O/c1-14-13(8-4-3-5-9-13)10-12(16)15(2)11-6-7-11/h11,14H,3-10H2,1-2H3. The van der Waals surface area contributed by atoms with Crippen LogP contribution >= 0.6 is 0 Å². The number of nitrogens with zero attached hydrogens (tertiary/aromatic N) is 1. The van der Waals surface area contributed by atoms with Crippen LogP contribution < -0.4 is 5.32 Å². The Hall–Kier alpha value is -0.570. The number of nitrogens with one attached hydrogen (secondary N) is 1. The molecule has 2 fully saturated rings. The Morgan fingerprint density at radius 1 is 1.31 bits per heavy atom. The van der Waals surface area contributed by atoms with Gasteiger partial charge in [-0.1, -0.05) is 19.3 Å². The van der Waals surface area contributed by atoms with Crippen molar-refractivity contribution >= 4 is 5.91 Å². The quantitative estimate of drug-likeness (QED) is 0.791. The summed E-state index contributed by atoms with van der Waals surface area (Å²) in [5, 5.41) is 3.42. The molecule has 2 saturated carbocycles. The van der Waals surface area contributed by atoms with Crippen LogP contribution in [0.15, 0.2) is 0 Å². The molecule has 0 aromatic heterocycles. The van der Waals surface area contributed by atoms with Crippen LogP contribution in [-0.4, -0.2) is 36.5 Å². The van der Waals surface area contributed by atoms with Crippen LogP contribution in [0.5, 0.6) is 0 Å². The van der Waals surface area contributed by atoms with E-state index in [1.165, 1.54) is 32.1 Å². The summed E-state index contributed by atoms with van der Waals surface area (Å²) in [5.74, 6) is 0.332. The van der Waals surface area contributed by atoms with Crippen molar-refractivity contribution in [1.29, 1.82) is 0 Å². The molecule has 2 aliphatic rings. The molecule has 0 saturated heterocycles. The van der Waals surface area contributed by atoms with E-state index in [-0.39, 0.29) is 5.54 Å². The van der Waals surface area contributed by atoms with Crippen molar-refractivity contribution in [1.82, 2.24) is 10.2 Å². The number of carbonyl (C=O) groups excluding carboxylic acids is 1. The SMILES string of the molecule is CNC1(CC(=O)N(C)C2CC2)CCCCC1. The maximum absolute atomic E-state index is 12.1. The topological polar surface area (TPSA) is 32.3 Å². The number of carbonyl (C=O) groups is 1. The van der Waals surface area contributed by atoms with Gasteiger partial charge < -0.3 is 10.2 Å². The fourth-order valence-corrected chi connectivity index (χ4v) is 2.82. The molecule has 0 aromatic rings. The highest BCUT2D eigenvalue weighted by atomic mass is 16.2. The predicted molar refractivity (Wildman–Crippen MR) is 65.3 cm³/mol. The minimum Gasteiger partial charge on any atom is -0.343 e. The summed E-state index contributed by atoms with van der Waals surface area (Å²) in [6.45, 7) is 0. The average Bonchev–Trinajstić information content (AvgIpc) is 3.13. The van der Waals surface area contributed by atoms with E-state index in [4.69, 9.17) is 0 Å². The van der Waals surface area contributed by atoms with E-state index >= 15 is 0 Å². The van der Waals surface area contributed by atoms with Gasteiger partial charge in [-0.25, -0.2) is 0 Å². The van der Waals surface area contributed by atoms with Gasteiger partial charge in [0, 0.05) is 25.0 Å². The molecule has 0 aromatic carbocycles. The lowest BCUT2D eigenvalue weighted by Gasteiger charge is -2.37. The molecule has 1 amide bonds. The molecule has 92 valence electrons. The summed E-state index contributed by atoms with van der Waals surface area (Å²) in [6.07, 6.45) is 9.28. The van der Waals surface area contributed by atoms with Gasteiger partial charge in [-0.3, -0.25) is 4.79 Å². The predicted octanol–water partition coefficient (Wildman–Crippen LogP) is 1.92. The maximum Gasteiger partial charge on any atom is 0.224 e. The van der Waals surface area contributed by atoms with Gasteiger partial charge in [0.2, 0.25) is 5.91 Å². The van der Waals surface area contributed by atoms with E-state index in [0.29, 0.717) is 18.4 Å². The minimum absolute atomic E-state index is 0.0957. The molecule has 3 nitrogen and oxygen atoms in total. The van der Waals surface area contributed by atoms with Gasteiger partial charge in [-0.15, -0.1) is 0 Å². The Morgan fingerprint density at radius 2 is 1.94 bits per heavy atom. The van der Waals surface area contributed by atoms with E-state index in [1.54, 1.807) is 0 Å². The van der Waals surface area contributed by atoms with Crippen molar-refractivity contribution in [3.05, 3.63) is 0 Å². The first-order chi connectivity index (χ1) is 7.67. The number of hydrogen-bond donors (Lipinski definition) is 1. The first-order valence-corrected chi connectivity index (χ1v) is 6.61. The third-order valence-electron chi connectivity index (χ3n) is 4.32. The summed E-state index contributed by atoms with van der Waals surface area (Å²) >= 11 is 0. The third-order valence-corrected chi connectivity index (χ3v) is 4.32. The van der Waals surface area contributed by atoms with Gasteiger partial charge in [0.1, 0.15) is 0 Å². The second-order valence-corrected chi connectivity index (χ2v) is 5.50. The van der Waals surface area contributed by atoms with Crippen LogP contribution in [0.2, 0.25) is 0 Å². The fourth-order valence-electron chi connectivity index (χ4n) is 2.82. The summed E-state index contributed by atoms with van der Waals surface area (Å²) in [5.41, 5.74) is 0.0957. The molecule has 0 radical (unpaired) electrons. The maximum atomic E-state index is 12.1. The Kier molecular flexibility index (Phi) is 3.53. The molecule has 0 bridgehead atoms. The molecule has 2 rings (SSSR count). The number of amides is 1. The summed E-state index contributed by atoms with van der Waals surface area (Å²) < 4.78 is 0. The lowest BCUT2D eigenvalue weighted by atomic mass is 9.79. The second-order valence-electron chi connectivity index (χ2n) is 5.50. The molecular formula is C13H24N2O. The minimum atomic E-state index is 0.0957. The van der Waals surface area contributed by atoms with Crippen molar-refractivity contribution in [2.24, 2.45) is 0 Å². The number of hydrogen-bond acceptors (Lipinski definition) is 2. The fraction of sp³-hybridized carbons (Fsp3) is 0.923. The van der Waals surface area contributed by atoms with Crippen LogP contribution in [0.1, 0.15) is 51.4 Å². The monoisotopic (exact) mass is 224 g/mol. The Balaban J connectivity index is 1.91. The molecule has 0 atom stereocenters. The van der Waals surface area contributed by atoms with Crippen LogP contribution in [-0.2, 0) is 4.79 Å². The highest BCUT2D eigenvalue weighted by Crippen LogP contribution is 2.33. The summed E-state index contributed by atoms with van der Waals surface area (Å²) in [7, 11) is 3.97. The molecule has 0 aliphatic heterocycles. The highest BCUT2D eigenvalue weighted by Gasteiger charge is 2.36. The zero-order valence-electron chi connectivity index (χ0n) is 10.6. The van der Waals surface area contributed by atoms with E-state index in [2.05, 4.69) is 5.32 Å². The zero-order chi connectivity index (χ0) is 11.6. The van der Waals surface area contributed by atoms with Gasteiger partial charge in [0.05, 0.1) is 0 Å². The van der Waals surface area contributed by atoms with E-state index in [1.807, 2.05) is 19.0 Å². The Morgan fingerprint density at radius 3 is 2.44 bits per heavy atom. The van der Waals surface area contributed by atoms with E-state index in [9.17, 15) is 4.79 Å². The molecule has 1 N–H and O–H groups in total. The average molecular weight is 224 g/mol. The molecule has 0 unspecified atom stereocenters. The Bertz CT molecular complexity index is 255. The molecular weight excluding hydrogens is 200 g/mol. The summed E-state index contributed by atoms with van der Waals surface area (Å²) in [4.78, 5) is 14.1. The normalized spacial score (nSPS) is 24.1. The Labute approximate surface area is 98.6 Å². The molecule has 16 heavy (non-hydrogen) atoms. The van der Waals surface area contributed by atoms with Gasteiger partial charge in [-0.2, -0.15) is 0 Å². The van der Waals surface area contributed by atoms with Crippen molar-refractivity contribution in [3.8, 4) is 0 Å². The van der Waals surface area contributed by atoms with E-state index in [0.717, 1.165) is 12.8 Å². The van der Waals surface area contributed by atoms with Crippen LogP contribution in [0.4, 0.5) is 0 Å². The van der Waals surface area contributed by atoms with Gasteiger partial charge in [0.25, 0.3) is 0 Å². The first-order valence-electron chi connectivity index (χ1n) is 6.61. The van der Waals surface area contributed by atoms with Crippen LogP contribution in [0.3, 0.4) is 0 Å². The van der Waals surface area contributed by atoms with Crippen molar-refractivity contribution in [2.75, 3.05) is 14.1 Å². The smallest absolute Gasteiger partial charge is 0.224 e. The van der Waals surface area contributed by atoms with Crippen LogP contribution in [0.25, 0.3) is 0 Å². The molecule has 2 aliphatic carbocycles.